The van der Waals surface area contributed by atoms with E-state index in [0.717, 1.165) is 0 Å². The first-order chi connectivity index (χ1) is 6.27. The highest BCUT2D eigenvalue weighted by molar-refractivity contribution is 8.13. The molecule has 0 aromatic carbocycles. The molecule has 0 saturated carbocycles. The number of rotatable bonds is 7. The van der Waals surface area contributed by atoms with Crippen LogP contribution in [-0.4, -0.2) is 41.1 Å². The van der Waals surface area contributed by atoms with Crippen LogP contribution in [0.15, 0.2) is 0 Å². The molecule has 0 aromatic rings. The van der Waals surface area contributed by atoms with E-state index in [1.807, 2.05) is 0 Å². The Balaban J connectivity index is 3.84. The third kappa shape index (κ3) is 8.74. The van der Waals surface area contributed by atoms with Gasteiger partial charge >= 0.3 is 0 Å². The second kappa shape index (κ2) is 5.90. The molecule has 86 valence electrons. The van der Waals surface area contributed by atoms with Crippen molar-refractivity contribution in [2.75, 3.05) is 32.7 Å². The molecule has 0 aromatic heterocycles. The van der Waals surface area contributed by atoms with Gasteiger partial charge in [0.15, 0.2) is 0 Å². The van der Waals surface area contributed by atoms with Crippen LogP contribution in [0.25, 0.3) is 0 Å². The van der Waals surface area contributed by atoms with Crippen molar-refractivity contribution in [2.45, 2.75) is 13.8 Å². The van der Waals surface area contributed by atoms with Crippen LogP contribution in [-0.2, 0) is 18.5 Å². The highest BCUT2D eigenvalue weighted by Gasteiger charge is 2.25. The topological polar surface area (TPSA) is 52.6 Å². The third-order valence-corrected chi connectivity index (χ3v) is 2.94. The molecule has 0 atom stereocenters. The zero-order chi connectivity index (χ0) is 11.2. The summed E-state index contributed by atoms with van der Waals surface area (Å²) in [7, 11) is 3.27. The highest BCUT2D eigenvalue weighted by atomic mass is 35.7. The van der Waals surface area contributed by atoms with Gasteiger partial charge in [-0.15, -0.1) is 0 Å². The molecule has 0 saturated heterocycles. The summed E-state index contributed by atoms with van der Waals surface area (Å²) in [6.07, 6.45) is 0. The van der Waals surface area contributed by atoms with E-state index in [1.165, 1.54) is 0 Å². The van der Waals surface area contributed by atoms with Crippen LogP contribution in [0.4, 0.5) is 0 Å². The van der Waals surface area contributed by atoms with Crippen LogP contribution in [0, 0.1) is 5.41 Å². The molecule has 0 aliphatic carbocycles. The Labute approximate surface area is 90.0 Å². The van der Waals surface area contributed by atoms with E-state index in [4.69, 9.17) is 20.2 Å². The Bertz CT molecular complexity index is 248. The van der Waals surface area contributed by atoms with E-state index in [2.05, 4.69) is 0 Å². The molecule has 0 aliphatic heterocycles. The van der Waals surface area contributed by atoms with E-state index in [1.54, 1.807) is 21.0 Å². The Morgan fingerprint density at radius 1 is 1.29 bits per heavy atom. The molecule has 0 rings (SSSR count). The summed E-state index contributed by atoms with van der Waals surface area (Å²) in [6.45, 7) is 4.90. The lowest BCUT2D eigenvalue weighted by Crippen LogP contribution is -2.27. The van der Waals surface area contributed by atoms with Crippen molar-refractivity contribution in [1.29, 1.82) is 0 Å². The van der Waals surface area contributed by atoms with Crippen molar-refractivity contribution in [2.24, 2.45) is 5.41 Å². The molecular formula is C8H17ClO4S. The number of hydrogen-bond acceptors (Lipinski definition) is 4. The SMILES string of the molecule is COCCOCC(C)(C)CS(=O)(=O)Cl. The Morgan fingerprint density at radius 3 is 2.29 bits per heavy atom. The van der Waals surface area contributed by atoms with Gasteiger partial charge < -0.3 is 9.47 Å². The smallest absolute Gasteiger partial charge is 0.233 e. The molecular weight excluding hydrogens is 228 g/mol. The zero-order valence-corrected chi connectivity index (χ0v) is 10.3. The summed E-state index contributed by atoms with van der Waals surface area (Å²) >= 11 is 0. The summed E-state index contributed by atoms with van der Waals surface area (Å²) in [6, 6.07) is 0. The van der Waals surface area contributed by atoms with Crippen LogP contribution in [0.5, 0.6) is 0 Å². The minimum Gasteiger partial charge on any atom is -0.382 e. The van der Waals surface area contributed by atoms with Crippen LogP contribution >= 0.6 is 10.7 Å². The second-order valence-corrected chi connectivity index (χ2v) is 6.67. The lowest BCUT2D eigenvalue weighted by atomic mass is 9.98. The summed E-state index contributed by atoms with van der Waals surface area (Å²) in [5.74, 6) is -0.0888. The van der Waals surface area contributed by atoms with Crippen molar-refractivity contribution >= 4 is 19.7 Å². The number of hydrogen-bond donors (Lipinski definition) is 0. The van der Waals surface area contributed by atoms with Gasteiger partial charge in [-0.1, -0.05) is 13.8 Å². The van der Waals surface area contributed by atoms with Gasteiger partial charge in [0, 0.05) is 23.2 Å². The zero-order valence-electron chi connectivity index (χ0n) is 8.75. The molecule has 0 N–H and O–H groups in total. The van der Waals surface area contributed by atoms with Gasteiger partial charge in [-0.3, -0.25) is 0 Å². The average molecular weight is 245 g/mol. The van der Waals surface area contributed by atoms with Crippen molar-refractivity contribution in [3.63, 3.8) is 0 Å². The molecule has 0 bridgehead atoms. The summed E-state index contributed by atoms with van der Waals surface area (Å²) < 4.78 is 31.7. The van der Waals surface area contributed by atoms with Crippen molar-refractivity contribution in [3.05, 3.63) is 0 Å². The molecule has 0 spiro atoms. The fraction of sp³-hybridized carbons (Fsp3) is 1.00. The Kier molecular flexibility index (Phi) is 5.97. The lowest BCUT2D eigenvalue weighted by Gasteiger charge is -2.22. The first-order valence-corrected chi connectivity index (χ1v) is 6.74. The van der Waals surface area contributed by atoms with Crippen LogP contribution in [0.3, 0.4) is 0 Å². The minimum atomic E-state index is -3.46. The van der Waals surface area contributed by atoms with Gasteiger partial charge in [-0.05, 0) is 0 Å². The predicted octanol–water partition coefficient (Wildman–Crippen LogP) is 1.24. The van der Waals surface area contributed by atoms with Gasteiger partial charge in [-0.2, -0.15) is 0 Å². The quantitative estimate of drug-likeness (QED) is 0.500. The van der Waals surface area contributed by atoms with E-state index in [-0.39, 0.29) is 5.75 Å². The lowest BCUT2D eigenvalue weighted by molar-refractivity contribution is 0.0347. The largest absolute Gasteiger partial charge is 0.382 e. The first kappa shape index (κ1) is 14.2. The fourth-order valence-corrected chi connectivity index (χ4v) is 2.90. The molecule has 0 heterocycles. The first-order valence-electron chi connectivity index (χ1n) is 4.26. The van der Waals surface area contributed by atoms with Crippen LogP contribution < -0.4 is 0 Å². The number of methoxy groups -OCH3 is 1. The number of halogens is 1. The summed E-state index contributed by atoms with van der Waals surface area (Å²) in [5, 5.41) is 0. The number of ether oxygens (including phenoxy) is 2. The third-order valence-electron chi connectivity index (χ3n) is 1.49. The molecule has 0 fully saturated rings. The van der Waals surface area contributed by atoms with E-state index in [0.29, 0.717) is 19.8 Å². The molecule has 14 heavy (non-hydrogen) atoms. The fourth-order valence-electron chi connectivity index (χ4n) is 0.999. The van der Waals surface area contributed by atoms with Crippen LogP contribution in [0.1, 0.15) is 13.8 Å². The molecule has 6 heteroatoms. The van der Waals surface area contributed by atoms with Gasteiger partial charge in [0.1, 0.15) is 0 Å². The highest BCUT2D eigenvalue weighted by Crippen LogP contribution is 2.20. The Morgan fingerprint density at radius 2 is 1.86 bits per heavy atom. The predicted molar refractivity (Wildman–Crippen MR) is 56.1 cm³/mol. The van der Waals surface area contributed by atoms with Gasteiger partial charge in [-0.25, -0.2) is 8.42 Å². The van der Waals surface area contributed by atoms with E-state index in [9.17, 15) is 8.42 Å². The van der Waals surface area contributed by atoms with E-state index < -0.39 is 14.5 Å². The maximum atomic E-state index is 10.8. The van der Waals surface area contributed by atoms with Gasteiger partial charge in [0.2, 0.25) is 9.05 Å². The maximum absolute atomic E-state index is 10.8. The summed E-state index contributed by atoms with van der Waals surface area (Å²) in [4.78, 5) is 0. The molecule has 0 radical (unpaired) electrons. The monoisotopic (exact) mass is 244 g/mol. The molecule has 0 amide bonds. The Hall–Kier alpha value is 0.160. The van der Waals surface area contributed by atoms with E-state index >= 15 is 0 Å². The molecule has 0 aliphatic rings. The molecule has 0 unspecified atom stereocenters. The van der Waals surface area contributed by atoms with Gasteiger partial charge in [0.05, 0.1) is 25.6 Å². The average Bonchev–Trinajstić information content (AvgIpc) is 1.93. The van der Waals surface area contributed by atoms with Crippen molar-refractivity contribution in [1.82, 2.24) is 0 Å². The standard InChI is InChI=1S/C8H17ClO4S/c1-8(2,7-14(9,10)11)6-13-5-4-12-3/h4-7H2,1-3H3. The van der Waals surface area contributed by atoms with Crippen molar-refractivity contribution in [3.8, 4) is 0 Å². The minimum absolute atomic E-state index is 0.0888. The normalized spacial score (nSPS) is 13.1. The summed E-state index contributed by atoms with van der Waals surface area (Å²) in [5.41, 5.74) is -0.464. The second-order valence-electron chi connectivity index (χ2n) is 3.89. The van der Waals surface area contributed by atoms with Gasteiger partial charge in [0.25, 0.3) is 0 Å². The van der Waals surface area contributed by atoms with Crippen molar-refractivity contribution < 1.29 is 17.9 Å². The van der Waals surface area contributed by atoms with Crippen LogP contribution in [0.2, 0.25) is 0 Å². The molecule has 4 nitrogen and oxygen atoms in total. The maximum Gasteiger partial charge on any atom is 0.233 e.